The molecule has 0 amide bonds. The third-order valence-electron chi connectivity index (χ3n) is 4.84. The number of hydrogen-bond donors (Lipinski definition) is 3. The number of aromatic amines is 1. The summed E-state index contributed by atoms with van der Waals surface area (Å²) in [5.74, 6) is 0.928. The SMILES string of the molecule is CC(C)COC1=CC(CCN/C(=C\N)CCCCn2cc(F)c(=O)[nH]c2=O)CC=C1. The van der Waals surface area contributed by atoms with Crippen molar-refractivity contribution in [3.63, 3.8) is 0 Å². The maximum Gasteiger partial charge on any atom is 0.328 e. The second kappa shape index (κ2) is 12.0. The largest absolute Gasteiger partial charge is 0.494 e. The highest BCUT2D eigenvalue weighted by atomic mass is 19.1. The molecule has 7 nitrogen and oxygen atoms in total. The number of ether oxygens (including phenoxy) is 1. The van der Waals surface area contributed by atoms with Crippen molar-refractivity contribution >= 4 is 0 Å². The van der Waals surface area contributed by atoms with E-state index in [9.17, 15) is 14.0 Å². The van der Waals surface area contributed by atoms with Crippen LogP contribution in [-0.2, 0) is 11.3 Å². The number of rotatable bonds is 12. The summed E-state index contributed by atoms with van der Waals surface area (Å²) < 4.78 is 20.3. The predicted molar refractivity (Wildman–Crippen MR) is 116 cm³/mol. The second-order valence-electron chi connectivity index (χ2n) is 7.97. The lowest BCUT2D eigenvalue weighted by Crippen LogP contribution is -2.31. The van der Waals surface area contributed by atoms with Gasteiger partial charge < -0.3 is 15.8 Å². The van der Waals surface area contributed by atoms with Crippen LogP contribution in [0.3, 0.4) is 0 Å². The zero-order chi connectivity index (χ0) is 21.9. The van der Waals surface area contributed by atoms with E-state index >= 15 is 0 Å². The summed E-state index contributed by atoms with van der Waals surface area (Å²) in [5.41, 5.74) is 5.08. The molecule has 0 fully saturated rings. The molecule has 0 saturated carbocycles. The Bertz CT molecular complexity index is 883. The van der Waals surface area contributed by atoms with Crippen LogP contribution < -0.4 is 22.3 Å². The number of unbranched alkanes of at least 4 members (excludes halogenated alkanes) is 1. The number of nitrogens with one attached hydrogen (secondary N) is 2. The molecule has 1 heterocycles. The Morgan fingerprint density at radius 2 is 2.23 bits per heavy atom. The molecule has 1 aromatic rings. The number of aryl methyl sites for hydroxylation is 1. The van der Waals surface area contributed by atoms with Crippen LogP contribution in [0.4, 0.5) is 4.39 Å². The van der Waals surface area contributed by atoms with Crippen LogP contribution in [0, 0.1) is 17.7 Å². The summed E-state index contributed by atoms with van der Waals surface area (Å²) in [6.45, 7) is 6.13. The normalized spacial score (nSPS) is 16.6. The van der Waals surface area contributed by atoms with Gasteiger partial charge in [-0.15, -0.1) is 0 Å². The summed E-state index contributed by atoms with van der Waals surface area (Å²) >= 11 is 0. The van der Waals surface area contributed by atoms with E-state index in [0.717, 1.165) is 56.5 Å². The van der Waals surface area contributed by atoms with Crippen molar-refractivity contribution in [1.82, 2.24) is 14.9 Å². The monoisotopic (exact) mass is 420 g/mol. The van der Waals surface area contributed by atoms with Gasteiger partial charge in [0.25, 0.3) is 5.56 Å². The molecule has 0 bridgehead atoms. The topological polar surface area (TPSA) is 102 Å². The van der Waals surface area contributed by atoms with Crippen LogP contribution in [0.25, 0.3) is 0 Å². The van der Waals surface area contributed by atoms with Crippen molar-refractivity contribution in [2.24, 2.45) is 17.6 Å². The second-order valence-corrected chi connectivity index (χ2v) is 7.97. The van der Waals surface area contributed by atoms with E-state index in [0.29, 0.717) is 24.8 Å². The summed E-state index contributed by atoms with van der Waals surface area (Å²) in [5, 5.41) is 3.37. The fourth-order valence-corrected chi connectivity index (χ4v) is 3.17. The Hall–Kier alpha value is -2.77. The predicted octanol–water partition coefficient (Wildman–Crippen LogP) is 2.76. The van der Waals surface area contributed by atoms with E-state index in [-0.39, 0.29) is 0 Å². The molecule has 0 aromatic carbocycles. The maximum absolute atomic E-state index is 13.3. The van der Waals surface area contributed by atoms with Gasteiger partial charge in [-0.2, -0.15) is 4.39 Å². The molecule has 1 aliphatic rings. The van der Waals surface area contributed by atoms with Crippen LogP contribution in [0.5, 0.6) is 0 Å². The van der Waals surface area contributed by atoms with Crippen LogP contribution in [0.15, 0.2) is 51.7 Å². The Kier molecular flexibility index (Phi) is 9.44. The number of nitrogens with two attached hydrogens (primary N) is 1. The highest BCUT2D eigenvalue weighted by molar-refractivity contribution is 5.18. The molecule has 30 heavy (non-hydrogen) atoms. The van der Waals surface area contributed by atoms with Gasteiger partial charge in [-0.25, -0.2) is 4.79 Å². The average Bonchev–Trinajstić information content (AvgIpc) is 2.72. The van der Waals surface area contributed by atoms with Crippen LogP contribution in [0.1, 0.15) is 46.0 Å². The summed E-state index contributed by atoms with van der Waals surface area (Å²) in [4.78, 5) is 24.7. The van der Waals surface area contributed by atoms with E-state index in [1.165, 1.54) is 4.57 Å². The molecule has 1 unspecified atom stereocenters. The van der Waals surface area contributed by atoms with Gasteiger partial charge in [-0.1, -0.05) is 19.9 Å². The summed E-state index contributed by atoms with van der Waals surface area (Å²) in [6.07, 6.45) is 13.1. The lowest BCUT2D eigenvalue weighted by atomic mass is 9.96. The van der Waals surface area contributed by atoms with Gasteiger partial charge in [-0.05, 0) is 56.1 Å². The Morgan fingerprint density at radius 3 is 2.97 bits per heavy atom. The molecule has 0 spiro atoms. The Morgan fingerprint density at radius 1 is 1.43 bits per heavy atom. The quantitative estimate of drug-likeness (QED) is 0.451. The fraction of sp³-hybridized carbons (Fsp3) is 0.545. The van der Waals surface area contributed by atoms with Gasteiger partial charge >= 0.3 is 5.69 Å². The zero-order valence-corrected chi connectivity index (χ0v) is 17.8. The van der Waals surface area contributed by atoms with Gasteiger partial charge in [0.05, 0.1) is 12.8 Å². The lowest BCUT2D eigenvalue weighted by molar-refractivity contribution is 0.186. The molecule has 0 aliphatic heterocycles. The van der Waals surface area contributed by atoms with Crippen molar-refractivity contribution in [3.8, 4) is 0 Å². The molecule has 0 radical (unpaired) electrons. The van der Waals surface area contributed by atoms with Gasteiger partial charge in [0.2, 0.25) is 5.82 Å². The minimum atomic E-state index is -0.990. The first-order valence-electron chi connectivity index (χ1n) is 10.5. The average molecular weight is 421 g/mol. The molecule has 0 saturated heterocycles. The van der Waals surface area contributed by atoms with E-state index in [2.05, 4.69) is 31.3 Å². The molecular formula is C22H33FN4O3. The van der Waals surface area contributed by atoms with E-state index < -0.39 is 17.1 Å². The van der Waals surface area contributed by atoms with Crippen LogP contribution >= 0.6 is 0 Å². The maximum atomic E-state index is 13.3. The number of halogens is 1. The molecule has 1 atom stereocenters. The van der Waals surface area contributed by atoms with Crippen molar-refractivity contribution < 1.29 is 9.13 Å². The number of nitrogens with zero attached hydrogens (tertiary/aromatic N) is 1. The third kappa shape index (κ3) is 7.93. The van der Waals surface area contributed by atoms with Gasteiger partial charge in [0.1, 0.15) is 5.76 Å². The standard InChI is InChI=1S/C22H33FN4O3/c1-16(2)15-30-19-8-5-6-17(12-19)9-10-25-18(13-24)7-3-4-11-27-14-20(23)21(28)26-22(27)29/h5,8,12-14,16-17,25H,3-4,6-7,9-11,15,24H2,1-2H3,(H,26,28,29)/b18-13-. The van der Waals surface area contributed by atoms with Crippen molar-refractivity contribution in [3.05, 3.63) is 68.7 Å². The van der Waals surface area contributed by atoms with E-state index in [4.69, 9.17) is 10.5 Å². The fourth-order valence-electron chi connectivity index (χ4n) is 3.17. The zero-order valence-electron chi connectivity index (χ0n) is 17.8. The number of aromatic nitrogens is 2. The lowest BCUT2D eigenvalue weighted by Gasteiger charge is -2.19. The summed E-state index contributed by atoms with van der Waals surface area (Å²) in [6, 6.07) is 0. The van der Waals surface area contributed by atoms with Gasteiger partial charge in [-0.3, -0.25) is 14.3 Å². The summed E-state index contributed by atoms with van der Waals surface area (Å²) in [7, 11) is 0. The first-order chi connectivity index (χ1) is 14.4. The van der Waals surface area contributed by atoms with Crippen molar-refractivity contribution in [2.75, 3.05) is 13.2 Å². The van der Waals surface area contributed by atoms with Gasteiger partial charge in [0.15, 0.2) is 0 Å². The van der Waals surface area contributed by atoms with E-state index in [1.54, 1.807) is 6.20 Å². The minimum absolute atomic E-state index is 0.336. The molecule has 1 aromatic heterocycles. The smallest absolute Gasteiger partial charge is 0.328 e. The highest BCUT2D eigenvalue weighted by Gasteiger charge is 2.11. The Labute approximate surface area is 176 Å². The van der Waals surface area contributed by atoms with E-state index in [1.807, 2.05) is 11.1 Å². The van der Waals surface area contributed by atoms with Crippen molar-refractivity contribution in [2.45, 2.75) is 52.5 Å². The third-order valence-corrected chi connectivity index (χ3v) is 4.84. The Balaban J connectivity index is 1.69. The molecule has 8 heteroatoms. The molecule has 166 valence electrons. The molecule has 4 N–H and O–H groups in total. The molecule has 2 rings (SSSR count). The number of allylic oxidation sites excluding steroid dienone is 4. The first-order valence-corrected chi connectivity index (χ1v) is 10.5. The first kappa shape index (κ1) is 23.5. The highest BCUT2D eigenvalue weighted by Crippen LogP contribution is 2.21. The van der Waals surface area contributed by atoms with Gasteiger partial charge in [0, 0.05) is 25.0 Å². The number of hydrogen-bond acceptors (Lipinski definition) is 5. The van der Waals surface area contributed by atoms with Crippen molar-refractivity contribution in [1.29, 1.82) is 0 Å². The number of H-pyrrole nitrogens is 1. The molecule has 1 aliphatic carbocycles. The minimum Gasteiger partial charge on any atom is -0.494 e. The molecular weight excluding hydrogens is 387 g/mol. The van der Waals surface area contributed by atoms with Crippen LogP contribution in [-0.4, -0.2) is 22.7 Å². The van der Waals surface area contributed by atoms with Crippen LogP contribution in [0.2, 0.25) is 0 Å².